The van der Waals surface area contributed by atoms with Crippen LogP contribution in [0.3, 0.4) is 0 Å². The van der Waals surface area contributed by atoms with Gasteiger partial charge in [0.2, 0.25) is 11.8 Å². The molecule has 3 aliphatic rings. The summed E-state index contributed by atoms with van der Waals surface area (Å²) in [6.45, 7) is 4.98. The number of piperidine rings is 1. The van der Waals surface area contributed by atoms with Gasteiger partial charge in [0.05, 0.1) is 6.04 Å². The standard InChI is InChI=1S/C15H26N4O2/c20-14-5-10-18(11-8-17-14)15(21)13-2-1-9-19(13)12-3-6-16-7-4-12/h12-13,16H,1-11H2,(H,17,20). The molecule has 21 heavy (non-hydrogen) atoms. The molecule has 6 nitrogen and oxygen atoms in total. The first kappa shape index (κ1) is 14.8. The number of carbonyl (C=O) groups is 2. The molecule has 1 atom stereocenters. The second-order valence-electron chi connectivity index (χ2n) is 6.30. The summed E-state index contributed by atoms with van der Waals surface area (Å²) in [7, 11) is 0. The fraction of sp³-hybridized carbons (Fsp3) is 0.867. The van der Waals surface area contributed by atoms with Gasteiger partial charge in [0.1, 0.15) is 0 Å². The Morgan fingerprint density at radius 2 is 1.86 bits per heavy atom. The third kappa shape index (κ3) is 3.37. The Morgan fingerprint density at radius 3 is 2.67 bits per heavy atom. The second kappa shape index (κ2) is 6.75. The maximum Gasteiger partial charge on any atom is 0.240 e. The quantitative estimate of drug-likeness (QED) is 0.724. The minimum Gasteiger partial charge on any atom is -0.354 e. The second-order valence-corrected chi connectivity index (χ2v) is 6.30. The molecule has 3 heterocycles. The van der Waals surface area contributed by atoms with Gasteiger partial charge in [-0.05, 0) is 45.3 Å². The van der Waals surface area contributed by atoms with Gasteiger partial charge in [0.15, 0.2) is 0 Å². The highest BCUT2D eigenvalue weighted by atomic mass is 16.2. The highest BCUT2D eigenvalue weighted by Crippen LogP contribution is 2.26. The van der Waals surface area contributed by atoms with E-state index in [9.17, 15) is 9.59 Å². The molecule has 0 bridgehead atoms. The van der Waals surface area contributed by atoms with Gasteiger partial charge in [-0.25, -0.2) is 0 Å². The molecule has 0 spiro atoms. The highest BCUT2D eigenvalue weighted by molar-refractivity contribution is 5.84. The summed E-state index contributed by atoms with van der Waals surface area (Å²) in [5.41, 5.74) is 0. The molecule has 0 saturated carbocycles. The van der Waals surface area contributed by atoms with E-state index in [4.69, 9.17) is 0 Å². The molecule has 118 valence electrons. The lowest BCUT2D eigenvalue weighted by molar-refractivity contribution is -0.136. The number of hydrogen-bond donors (Lipinski definition) is 2. The molecular formula is C15H26N4O2. The van der Waals surface area contributed by atoms with Gasteiger partial charge in [-0.15, -0.1) is 0 Å². The van der Waals surface area contributed by atoms with Gasteiger partial charge in [0.25, 0.3) is 0 Å². The molecule has 0 radical (unpaired) electrons. The summed E-state index contributed by atoms with van der Waals surface area (Å²) in [6.07, 6.45) is 4.81. The first-order valence-electron chi connectivity index (χ1n) is 8.27. The monoisotopic (exact) mass is 294 g/mol. The van der Waals surface area contributed by atoms with Gasteiger partial charge in [-0.1, -0.05) is 0 Å². The lowest BCUT2D eigenvalue weighted by Gasteiger charge is -2.37. The molecule has 6 heteroatoms. The maximum atomic E-state index is 12.8. The third-order valence-electron chi connectivity index (χ3n) is 4.98. The molecule has 1 unspecified atom stereocenters. The van der Waals surface area contributed by atoms with Crippen LogP contribution in [0.4, 0.5) is 0 Å². The predicted molar refractivity (Wildman–Crippen MR) is 79.8 cm³/mol. The van der Waals surface area contributed by atoms with Crippen LogP contribution in [0, 0.1) is 0 Å². The van der Waals surface area contributed by atoms with Crippen molar-refractivity contribution in [3.8, 4) is 0 Å². The average Bonchev–Trinajstić information content (AvgIpc) is 2.90. The topological polar surface area (TPSA) is 64.7 Å². The van der Waals surface area contributed by atoms with E-state index in [1.807, 2.05) is 4.90 Å². The minimum atomic E-state index is 0.0429. The summed E-state index contributed by atoms with van der Waals surface area (Å²) in [6, 6.07) is 0.593. The Labute approximate surface area is 126 Å². The zero-order valence-electron chi connectivity index (χ0n) is 12.6. The van der Waals surface area contributed by atoms with Crippen LogP contribution in [0.25, 0.3) is 0 Å². The summed E-state index contributed by atoms with van der Waals surface area (Å²) in [5.74, 6) is 0.300. The van der Waals surface area contributed by atoms with Crippen LogP contribution < -0.4 is 10.6 Å². The number of rotatable bonds is 2. The van der Waals surface area contributed by atoms with Crippen LogP contribution in [0.5, 0.6) is 0 Å². The smallest absolute Gasteiger partial charge is 0.240 e. The zero-order chi connectivity index (χ0) is 14.7. The molecule has 3 saturated heterocycles. The van der Waals surface area contributed by atoms with Crippen LogP contribution in [-0.2, 0) is 9.59 Å². The molecular weight excluding hydrogens is 268 g/mol. The molecule has 0 aromatic carbocycles. The Kier molecular flexibility index (Phi) is 4.75. The van der Waals surface area contributed by atoms with Crippen molar-refractivity contribution in [2.75, 3.05) is 39.3 Å². The number of nitrogens with one attached hydrogen (secondary N) is 2. The Bertz CT molecular complexity index is 395. The summed E-state index contributed by atoms with van der Waals surface area (Å²) < 4.78 is 0. The molecule has 2 amide bonds. The molecule has 0 aliphatic carbocycles. The van der Waals surface area contributed by atoms with E-state index in [-0.39, 0.29) is 17.9 Å². The fourth-order valence-corrected chi connectivity index (χ4v) is 3.83. The van der Waals surface area contributed by atoms with Gasteiger partial charge in [-0.3, -0.25) is 14.5 Å². The van der Waals surface area contributed by atoms with Crippen molar-refractivity contribution in [3.05, 3.63) is 0 Å². The van der Waals surface area contributed by atoms with E-state index in [1.54, 1.807) is 0 Å². The summed E-state index contributed by atoms with van der Waals surface area (Å²) >= 11 is 0. The minimum absolute atomic E-state index is 0.0429. The van der Waals surface area contributed by atoms with Gasteiger partial charge in [0, 0.05) is 32.1 Å². The summed E-state index contributed by atoms with van der Waals surface area (Å²) in [5, 5.41) is 6.23. The molecule has 3 aliphatic heterocycles. The van der Waals surface area contributed by atoms with E-state index in [2.05, 4.69) is 15.5 Å². The van der Waals surface area contributed by atoms with Crippen molar-refractivity contribution >= 4 is 11.8 Å². The molecule has 0 aromatic rings. The first-order chi connectivity index (χ1) is 10.3. The van der Waals surface area contributed by atoms with Gasteiger partial charge >= 0.3 is 0 Å². The van der Waals surface area contributed by atoms with Gasteiger partial charge in [-0.2, -0.15) is 0 Å². The molecule has 3 fully saturated rings. The molecule has 3 rings (SSSR count). The van der Waals surface area contributed by atoms with Crippen LogP contribution in [-0.4, -0.2) is 73.0 Å². The number of carbonyl (C=O) groups excluding carboxylic acids is 2. The zero-order valence-corrected chi connectivity index (χ0v) is 12.6. The van der Waals surface area contributed by atoms with Crippen molar-refractivity contribution < 1.29 is 9.59 Å². The first-order valence-corrected chi connectivity index (χ1v) is 8.27. The van der Waals surface area contributed by atoms with Crippen LogP contribution in [0.15, 0.2) is 0 Å². The Morgan fingerprint density at radius 1 is 1.05 bits per heavy atom. The number of nitrogens with zero attached hydrogens (tertiary/aromatic N) is 2. The largest absolute Gasteiger partial charge is 0.354 e. The average molecular weight is 294 g/mol. The fourth-order valence-electron chi connectivity index (χ4n) is 3.83. The van der Waals surface area contributed by atoms with Crippen LogP contribution >= 0.6 is 0 Å². The number of amides is 2. The summed E-state index contributed by atoms with van der Waals surface area (Å²) in [4.78, 5) is 28.6. The SMILES string of the molecule is O=C1CCN(C(=O)C2CCCN2C2CCNCC2)CCN1. The van der Waals surface area contributed by atoms with Crippen molar-refractivity contribution in [1.82, 2.24) is 20.4 Å². The maximum absolute atomic E-state index is 12.8. The van der Waals surface area contributed by atoms with Crippen molar-refractivity contribution in [3.63, 3.8) is 0 Å². The van der Waals surface area contributed by atoms with E-state index in [0.717, 1.165) is 45.3 Å². The van der Waals surface area contributed by atoms with Crippen molar-refractivity contribution in [1.29, 1.82) is 0 Å². The van der Waals surface area contributed by atoms with E-state index in [0.29, 0.717) is 32.1 Å². The highest BCUT2D eigenvalue weighted by Gasteiger charge is 2.37. The van der Waals surface area contributed by atoms with E-state index in [1.165, 1.54) is 0 Å². The lowest BCUT2D eigenvalue weighted by atomic mass is 10.0. The normalized spacial score (nSPS) is 29.2. The molecule has 2 N–H and O–H groups in total. The van der Waals surface area contributed by atoms with Gasteiger partial charge < -0.3 is 15.5 Å². The Balaban J connectivity index is 1.63. The lowest BCUT2D eigenvalue weighted by Crippen LogP contribution is -2.52. The Hall–Kier alpha value is -1.14. The van der Waals surface area contributed by atoms with Crippen LogP contribution in [0.1, 0.15) is 32.1 Å². The van der Waals surface area contributed by atoms with E-state index < -0.39 is 0 Å². The molecule has 0 aromatic heterocycles. The third-order valence-corrected chi connectivity index (χ3v) is 4.98. The van der Waals surface area contributed by atoms with Crippen LogP contribution in [0.2, 0.25) is 0 Å². The van der Waals surface area contributed by atoms with E-state index >= 15 is 0 Å². The predicted octanol–water partition coefficient (Wildman–Crippen LogP) is -0.449. The number of hydrogen-bond acceptors (Lipinski definition) is 4. The van der Waals surface area contributed by atoms with Crippen molar-refractivity contribution in [2.45, 2.75) is 44.2 Å². The number of likely N-dealkylation sites (tertiary alicyclic amines) is 1. The van der Waals surface area contributed by atoms with Crippen molar-refractivity contribution in [2.24, 2.45) is 0 Å².